The Balaban J connectivity index is 2.12. The van der Waals surface area contributed by atoms with Crippen molar-refractivity contribution in [2.45, 2.75) is 0 Å². The predicted octanol–water partition coefficient (Wildman–Crippen LogP) is 0.119. The van der Waals surface area contributed by atoms with Crippen molar-refractivity contribution in [2.24, 2.45) is 15.2 Å². The second kappa shape index (κ2) is 6.71. The summed E-state index contributed by atoms with van der Waals surface area (Å²) in [7, 11) is 1.26. The molecule has 0 amide bonds. The molecule has 0 saturated heterocycles. The molecule has 0 radical (unpaired) electrons. The molecule has 0 atom stereocenters. The number of carboxylic acids is 1. The highest BCUT2D eigenvalue weighted by Crippen LogP contribution is 2.16. The van der Waals surface area contributed by atoms with Gasteiger partial charge in [0.2, 0.25) is 0 Å². The number of hydrazone groups is 1. The zero-order valence-electron chi connectivity index (χ0n) is 10.6. The van der Waals surface area contributed by atoms with Crippen LogP contribution in [0.25, 0.3) is 0 Å². The number of hydrogen-bond acceptors (Lipinski definition) is 7. The minimum Gasteiger partial charge on any atom is -0.543 e. The third kappa shape index (κ3) is 3.58. The van der Waals surface area contributed by atoms with E-state index in [4.69, 9.17) is 0 Å². The first-order chi connectivity index (χ1) is 9.70. The van der Waals surface area contributed by atoms with Gasteiger partial charge in [0.25, 0.3) is 0 Å². The molecule has 7 nitrogen and oxygen atoms in total. The Kier molecular flexibility index (Phi) is 4.72. The van der Waals surface area contributed by atoms with Gasteiger partial charge in [-0.05, 0) is 12.1 Å². The van der Waals surface area contributed by atoms with E-state index in [1.54, 1.807) is 0 Å². The summed E-state index contributed by atoms with van der Waals surface area (Å²) < 4.78 is 0. The number of hydrogen-bond donors (Lipinski definition) is 1. The van der Waals surface area contributed by atoms with E-state index in [0.717, 1.165) is 5.69 Å². The fourth-order valence-electron chi connectivity index (χ4n) is 1.41. The van der Waals surface area contributed by atoms with Crippen molar-refractivity contribution in [3.8, 4) is 0 Å². The van der Waals surface area contributed by atoms with Crippen LogP contribution in [0.4, 0.5) is 5.69 Å². The Bertz CT molecular complexity index is 584. The van der Waals surface area contributed by atoms with Gasteiger partial charge in [-0.2, -0.15) is 5.10 Å². The summed E-state index contributed by atoms with van der Waals surface area (Å²) in [5, 5.41) is 18.8. The first-order valence-corrected chi connectivity index (χ1v) is 6.61. The summed E-state index contributed by atoms with van der Waals surface area (Å²) in [6.45, 7) is 0. The number of aliphatic imine (C=N–C) groups is 1. The SMILES string of the molecule is CO/N=C(\C(=O)[O-])C1=NNC(=Nc2ccccc2)SC1. The minimum atomic E-state index is -1.43. The Morgan fingerprint density at radius 3 is 2.75 bits per heavy atom. The van der Waals surface area contributed by atoms with E-state index >= 15 is 0 Å². The maximum atomic E-state index is 10.9. The average Bonchev–Trinajstić information content (AvgIpc) is 2.47. The van der Waals surface area contributed by atoms with Crippen LogP contribution in [0, 0.1) is 0 Å². The molecule has 0 bridgehead atoms. The van der Waals surface area contributed by atoms with Crippen LogP contribution in [0.15, 0.2) is 45.6 Å². The molecule has 0 saturated carbocycles. The summed E-state index contributed by atoms with van der Waals surface area (Å²) in [6.07, 6.45) is 0. The van der Waals surface area contributed by atoms with Crippen molar-refractivity contribution in [1.29, 1.82) is 0 Å². The van der Waals surface area contributed by atoms with Gasteiger partial charge in [0, 0.05) is 5.75 Å². The molecule has 1 aromatic rings. The van der Waals surface area contributed by atoms with Crippen LogP contribution in [-0.2, 0) is 9.63 Å². The number of aliphatic carboxylic acids is 1. The van der Waals surface area contributed by atoms with E-state index < -0.39 is 5.97 Å². The van der Waals surface area contributed by atoms with Crippen LogP contribution in [0.3, 0.4) is 0 Å². The quantitative estimate of drug-likeness (QED) is 0.627. The molecule has 1 aliphatic heterocycles. The van der Waals surface area contributed by atoms with Crippen LogP contribution in [0.2, 0.25) is 0 Å². The van der Waals surface area contributed by atoms with Gasteiger partial charge >= 0.3 is 0 Å². The number of nitrogens with zero attached hydrogens (tertiary/aromatic N) is 3. The third-order valence-electron chi connectivity index (χ3n) is 2.27. The van der Waals surface area contributed by atoms with E-state index in [2.05, 4.69) is 25.5 Å². The normalized spacial score (nSPS) is 17.4. The summed E-state index contributed by atoms with van der Waals surface area (Å²) in [5.74, 6) is -1.12. The maximum Gasteiger partial charge on any atom is 0.182 e. The van der Waals surface area contributed by atoms with E-state index in [1.807, 2.05) is 30.3 Å². The molecule has 2 rings (SSSR count). The fraction of sp³-hybridized carbons (Fsp3) is 0.167. The molecule has 0 fully saturated rings. The highest BCUT2D eigenvalue weighted by molar-refractivity contribution is 8.14. The van der Waals surface area contributed by atoms with Crippen LogP contribution in [-0.4, -0.2) is 35.4 Å². The van der Waals surface area contributed by atoms with E-state index in [9.17, 15) is 9.90 Å². The lowest BCUT2D eigenvalue weighted by molar-refractivity contribution is -0.294. The van der Waals surface area contributed by atoms with Crippen molar-refractivity contribution in [1.82, 2.24) is 5.43 Å². The van der Waals surface area contributed by atoms with E-state index in [0.29, 0.717) is 10.9 Å². The molecule has 104 valence electrons. The van der Waals surface area contributed by atoms with Gasteiger partial charge in [-0.15, -0.1) is 0 Å². The molecule has 1 aromatic carbocycles. The van der Waals surface area contributed by atoms with Crippen molar-refractivity contribution < 1.29 is 14.7 Å². The fourth-order valence-corrected chi connectivity index (χ4v) is 2.17. The Hall–Kier alpha value is -2.35. The average molecular weight is 291 g/mol. The molecule has 1 heterocycles. The van der Waals surface area contributed by atoms with Gasteiger partial charge in [0.05, 0.1) is 11.7 Å². The first kappa shape index (κ1) is 14.1. The van der Waals surface area contributed by atoms with Crippen LogP contribution < -0.4 is 10.5 Å². The number of benzene rings is 1. The smallest absolute Gasteiger partial charge is 0.182 e. The Morgan fingerprint density at radius 1 is 1.45 bits per heavy atom. The molecule has 0 aliphatic carbocycles. The van der Waals surface area contributed by atoms with Crippen molar-refractivity contribution >= 4 is 40.0 Å². The number of amidine groups is 1. The summed E-state index contributed by atoms with van der Waals surface area (Å²) >= 11 is 1.32. The number of carbonyl (C=O) groups is 1. The van der Waals surface area contributed by atoms with Gasteiger partial charge in [-0.1, -0.05) is 35.1 Å². The first-order valence-electron chi connectivity index (χ1n) is 5.62. The lowest BCUT2D eigenvalue weighted by atomic mass is 10.2. The topological polar surface area (TPSA) is 98.5 Å². The maximum absolute atomic E-state index is 10.9. The number of rotatable bonds is 4. The molecular weight excluding hydrogens is 280 g/mol. The van der Waals surface area contributed by atoms with Gasteiger partial charge < -0.3 is 14.7 Å². The molecule has 0 aromatic heterocycles. The predicted molar refractivity (Wildman–Crippen MR) is 76.0 cm³/mol. The zero-order valence-corrected chi connectivity index (χ0v) is 11.4. The second-order valence-corrected chi connectivity index (χ2v) is 4.59. The number of carboxylic acid groups (broad SMARTS) is 1. The largest absolute Gasteiger partial charge is 0.543 e. The Labute approximate surface area is 119 Å². The van der Waals surface area contributed by atoms with Gasteiger partial charge in [-0.25, -0.2) is 4.99 Å². The lowest BCUT2D eigenvalue weighted by Gasteiger charge is -2.16. The van der Waals surface area contributed by atoms with Crippen LogP contribution in [0.5, 0.6) is 0 Å². The van der Waals surface area contributed by atoms with Crippen molar-refractivity contribution in [2.75, 3.05) is 12.9 Å². The second-order valence-electron chi connectivity index (χ2n) is 3.62. The molecule has 0 unspecified atom stereocenters. The Morgan fingerprint density at radius 2 is 2.20 bits per heavy atom. The number of nitrogens with one attached hydrogen (secondary N) is 1. The highest BCUT2D eigenvalue weighted by atomic mass is 32.2. The summed E-state index contributed by atoms with van der Waals surface area (Å²) in [4.78, 5) is 19.7. The molecule has 0 spiro atoms. The third-order valence-corrected chi connectivity index (χ3v) is 3.14. The lowest BCUT2D eigenvalue weighted by Crippen LogP contribution is -2.41. The monoisotopic (exact) mass is 291 g/mol. The number of carbonyl (C=O) groups excluding carboxylic acids is 1. The molecule has 1 N–H and O–H groups in total. The van der Waals surface area contributed by atoms with Gasteiger partial charge in [-0.3, -0.25) is 5.43 Å². The minimum absolute atomic E-state index is 0.240. The van der Waals surface area contributed by atoms with E-state index in [1.165, 1.54) is 18.9 Å². The number of oxime groups is 1. The van der Waals surface area contributed by atoms with Crippen LogP contribution >= 0.6 is 11.8 Å². The van der Waals surface area contributed by atoms with Gasteiger partial charge in [0.15, 0.2) is 5.17 Å². The van der Waals surface area contributed by atoms with Crippen LogP contribution in [0.1, 0.15) is 0 Å². The summed E-state index contributed by atoms with van der Waals surface area (Å²) in [5.41, 5.74) is 3.38. The standard InChI is InChI=1S/C12H12N4O3S/c1-19-16-10(11(17)18)9-7-20-12(15-14-9)13-8-5-3-2-4-6-8/h2-6H,7H2,1H3,(H,13,15)(H,17,18)/p-1/b16-10-. The van der Waals surface area contributed by atoms with Gasteiger partial charge in [0.1, 0.15) is 18.5 Å². The van der Waals surface area contributed by atoms with E-state index in [-0.39, 0.29) is 11.4 Å². The summed E-state index contributed by atoms with van der Waals surface area (Å²) in [6, 6.07) is 9.36. The molecule has 8 heteroatoms. The molecular formula is C12H11N4O3S-. The zero-order chi connectivity index (χ0) is 14.4. The number of para-hydroxylation sites is 1. The highest BCUT2D eigenvalue weighted by Gasteiger charge is 2.18. The molecule has 20 heavy (non-hydrogen) atoms. The van der Waals surface area contributed by atoms with Crippen molar-refractivity contribution in [3.63, 3.8) is 0 Å². The molecule has 1 aliphatic rings. The number of thioether (sulfide) groups is 1. The van der Waals surface area contributed by atoms with Crippen molar-refractivity contribution in [3.05, 3.63) is 30.3 Å².